The van der Waals surface area contributed by atoms with E-state index in [0.29, 0.717) is 10.8 Å². The summed E-state index contributed by atoms with van der Waals surface area (Å²) in [4.78, 5) is 37.8. The lowest BCUT2D eigenvalue weighted by molar-refractivity contribution is -0.130. The number of aromatic nitrogens is 2. The van der Waals surface area contributed by atoms with Crippen molar-refractivity contribution in [2.45, 2.75) is 59.2 Å². The maximum absolute atomic E-state index is 12.8. The highest BCUT2D eigenvalue weighted by atomic mass is 16.5. The van der Waals surface area contributed by atoms with Crippen LogP contribution in [0.25, 0.3) is 10.8 Å². The molecular formula is C21H26N4O4. The Morgan fingerprint density at radius 3 is 2.28 bits per heavy atom. The van der Waals surface area contributed by atoms with Gasteiger partial charge in [-0.3, -0.25) is 9.59 Å². The van der Waals surface area contributed by atoms with Crippen molar-refractivity contribution < 1.29 is 14.3 Å². The second-order valence-electron chi connectivity index (χ2n) is 7.74. The molecule has 2 unspecified atom stereocenters. The van der Waals surface area contributed by atoms with Gasteiger partial charge in [0.1, 0.15) is 5.54 Å². The summed E-state index contributed by atoms with van der Waals surface area (Å²) in [5.74, 6) is -1.54. The normalized spacial score (nSPS) is 14.3. The van der Waals surface area contributed by atoms with E-state index in [2.05, 4.69) is 16.5 Å². The van der Waals surface area contributed by atoms with Crippen LogP contribution in [0.15, 0.2) is 29.1 Å². The van der Waals surface area contributed by atoms with Gasteiger partial charge in [-0.25, -0.2) is 9.48 Å². The summed E-state index contributed by atoms with van der Waals surface area (Å²) >= 11 is 0. The lowest BCUT2D eigenvalue weighted by Crippen LogP contribution is -2.52. The van der Waals surface area contributed by atoms with Crippen LogP contribution in [0.1, 0.15) is 58.1 Å². The number of benzene rings is 1. The molecule has 2 aromatic rings. The Hall–Kier alpha value is -3.21. The average molecular weight is 398 g/mol. The zero-order chi connectivity index (χ0) is 21.9. The molecule has 154 valence electrons. The molecular weight excluding hydrogens is 372 g/mol. The number of ether oxygens (including phenoxy) is 1. The van der Waals surface area contributed by atoms with Crippen LogP contribution >= 0.6 is 0 Å². The fraction of sp³-hybridized carbons (Fsp3) is 0.476. The number of nitrogens with one attached hydrogen (secondary N) is 1. The molecule has 2 atom stereocenters. The zero-order valence-corrected chi connectivity index (χ0v) is 17.5. The van der Waals surface area contributed by atoms with E-state index in [9.17, 15) is 19.6 Å². The number of nitriles is 1. The van der Waals surface area contributed by atoms with Crippen molar-refractivity contribution in [3.8, 4) is 6.07 Å². The van der Waals surface area contributed by atoms with Gasteiger partial charge in [0.15, 0.2) is 11.8 Å². The first kappa shape index (κ1) is 22.1. The fourth-order valence-electron chi connectivity index (χ4n) is 2.64. The summed E-state index contributed by atoms with van der Waals surface area (Å²) in [6.45, 7) is 10.2. The minimum absolute atomic E-state index is 0.0412. The van der Waals surface area contributed by atoms with E-state index in [1.54, 1.807) is 45.0 Å². The molecule has 8 nitrogen and oxygen atoms in total. The van der Waals surface area contributed by atoms with Crippen LogP contribution in [0.4, 0.5) is 0 Å². The second kappa shape index (κ2) is 8.43. The Bertz CT molecular complexity index is 1040. The number of hydrogen-bond donors (Lipinski definition) is 1. The maximum Gasteiger partial charge on any atom is 0.360 e. The Morgan fingerprint density at radius 2 is 1.76 bits per heavy atom. The first-order valence-corrected chi connectivity index (χ1v) is 9.47. The molecule has 0 saturated carbocycles. The Balaban J connectivity index is 2.35. The Morgan fingerprint density at radius 1 is 1.17 bits per heavy atom. The summed E-state index contributed by atoms with van der Waals surface area (Å²) in [5.41, 5.74) is -1.44. The minimum Gasteiger partial charge on any atom is -0.448 e. The SMILES string of the molecule is CC(OC(=O)c1nn(C(C)C)c(=O)c2ccccc12)C(=O)NC(C)(C#N)C(C)C. The molecule has 1 heterocycles. The van der Waals surface area contributed by atoms with E-state index >= 15 is 0 Å². The second-order valence-corrected chi connectivity index (χ2v) is 7.74. The topological polar surface area (TPSA) is 114 Å². The molecule has 29 heavy (non-hydrogen) atoms. The highest BCUT2D eigenvalue weighted by Gasteiger charge is 2.33. The third-order valence-electron chi connectivity index (χ3n) is 4.93. The lowest BCUT2D eigenvalue weighted by Gasteiger charge is -2.28. The zero-order valence-electron chi connectivity index (χ0n) is 17.5. The van der Waals surface area contributed by atoms with Gasteiger partial charge in [0, 0.05) is 5.39 Å². The molecule has 1 aromatic heterocycles. The van der Waals surface area contributed by atoms with E-state index in [1.807, 2.05) is 13.8 Å². The number of amides is 1. The van der Waals surface area contributed by atoms with Gasteiger partial charge in [-0.15, -0.1) is 0 Å². The number of hydrogen-bond acceptors (Lipinski definition) is 6. The van der Waals surface area contributed by atoms with Crippen molar-refractivity contribution in [3.63, 3.8) is 0 Å². The molecule has 8 heteroatoms. The number of esters is 1. The van der Waals surface area contributed by atoms with Crippen molar-refractivity contribution in [2.24, 2.45) is 5.92 Å². The van der Waals surface area contributed by atoms with E-state index < -0.39 is 23.5 Å². The van der Waals surface area contributed by atoms with Crippen LogP contribution < -0.4 is 10.9 Å². The van der Waals surface area contributed by atoms with Crippen LogP contribution in [-0.4, -0.2) is 33.3 Å². The Labute approximate surface area is 169 Å². The fourth-order valence-corrected chi connectivity index (χ4v) is 2.64. The molecule has 0 radical (unpaired) electrons. The maximum atomic E-state index is 12.8. The van der Waals surface area contributed by atoms with Crippen LogP contribution in [-0.2, 0) is 9.53 Å². The Kier molecular flexibility index (Phi) is 6.42. The highest BCUT2D eigenvalue weighted by molar-refractivity contribution is 6.02. The van der Waals surface area contributed by atoms with Gasteiger partial charge in [0.2, 0.25) is 0 Å². The van der Waals surface area contributed by atoms with Crippen molar-refractivity contribution in [2.75, 3.05) is 0 Å². The van der Waals surface area contributed by atoms with Crippen molar-refractivity contribution in [3.05, 3.63) is 40.3 Å². The molecule has 0 aliphatic rings. The summed E-state index contributed by atoms with van der Waals surface area (Å²) in [7, 11) is 0. The summed E-state index contributed by atoms with van der Waals surface area (Å²) in [6.07, 6.45) is -1.14. The summed E-state index contributed by atoms with van der Waals surface area (Å²) < 4.78 is 6.53. The molecule has 0 fully saturated rings. The first-order chi connectivity index (χ1) is 13.5. The smallest absolute Gasteiger partial charge is 0.360 e. The predicted molar refractivity (Wildman–Crippen MR) is 108 cm³/mol. The minimum atomic E-state index is -1.14. The molecule has 0 saturated heterocycles. The standard InChI is InChI=1S/C21H26N4O4/c1-12(2)21(6,11-22)23-18(26)14(5)29-20(28)17-15-9-7-8-10-16(15)19(27)25(24-17)13(3)4/h7-10,12-14H,1-6H3,(H,23,26). The van der Waals surface area contributed by atoms with Crippen LogP contribution in [0.5, 0.6) is 0 Å². The largest absolute Gasteiger partial charge is 0.448 e. The molecule has 0 aliphatic carbocycles. The lowest BCUT2D eigenvalue weighted by atomic mass is 9.90. The number of fused-ring (bicyclic) bond motifs is 1. The van der Waals surface area contributed by atoms with E-state index in [-0.39, 0.29) is 23.2 Å². The van der Waals surface area contributed by atoms with Crippen LogP contribution in [0, 0.1) is 17.2 Å². The van der Waals surface area contributed by atoms with Crippen molar-refractivity contribution in [1.82, 2.24) is 15.1 Å². The number of rotatable bonds is 6. The molecule has 1 N–H and O–H groups in total. The average Bonchev–Trinajstić information content (AvgIpc) is 2.67. The molecule has 1 aromatic carbocycles. The van der Waals surface area contributed by atoms with E-state index in [0.717, 1.165) is 0 Å². The summed E-state index contributed by atoms with van der Waals surface area (Å²) in [5, 5.41) is 16.9. The van der Waals surface area contributed by atoms with Gasteiger partial charge >= 0.3 is 5.97 Å². The van der Waals surface area contributed by atoms with Gasteiger partial charge in [-0.1, -0.05) is 32.0 Å². The number of carbonyl (C=O) groups is 2. The quantitative estimate of drug-likeness (QED) is 0.748. The molecule has 0 spiro atoms. The third kappa shape index (κ3) is 4.45. The van der Waals surface area contributed by atoms with Gasteiger partial charge in [-0.05, 0) is 39.7 Å². The van der Waals surface area contributed by atoms with Crippen LogP contribution in [0.2, 0.25) is 0 Å². The van der Waals surface area contributed by atoms with Gasteiger partial charge in [-0.2, -0.15) is 10.4 Å². The number of nitrogens with zero attached hydrogens (tertiary/aromatic N) is 3. The molecule has 0 aliphatic heterocycles. The van der Waals surface area contributed by atoms with Crippen molar-refractivity contribution in [1.29, 1.82) is 5.26 Å². The van der Waals surface area contributed by atoms with Gasteiger partial charge in [0.05, 0.1) is 17.5 Å². The highest BCUT2D eigenvalue weighted by Crippen LogP contribution is 2.18. The molecule has 0 bridgehead atoms. The van der Waals surface area contributed by atoms with Gasteiger partial charge in [0.25, 0.3) is 11.5 Å². The van der Waals surface area contributed by atoms with Crippen molar-refractivity contribution >= 4 is 22.6 Å². The molecule has 2 rings (SSSR count). The van der Waals surface area contributed by atoms with E-state index in [1.165, 1.54) is 11.6 Å². The van der Waals surface area contributed by atoms with Crippen LogP contribution in [0.3, 0.4) is 0 Å². The monoisotopic (exact) mass is 398 g/mol. The summed E-state index contributed by atoms with van der Waals surface area (Å²) in [6, 6.07) is 8.44. The number of carbonyl (C=O) groups excluding carboxylic acids is 2. The first-order valence-electron chi connectivity index (χ1n) is 9.47. The van der Waals surface area contributed by atoms with E-state index in [4.69, 9.17) is 4.74 Å². The predicted octanol–water partition coefficient (Wildman–Crippen LogP) is 2.58. The molecule has 1 amide bonds. The third-order valence-corrected chi connectivity index (χ3v) is 4.93. The van der Waals surface area contributed by atoms with Gasteiger partial charge < -0.3 is 10.1 Å².